The van der Waals surface area contributed by atoms with Crippen LogP contribution in [0.1, 0.15) is 66.4 Å². The number of carbonyl (C=O) groups excluding carboxylic acids is 1. The second-order valence-electron chi connectivity index (χ2n) is 11.3. The van der Waals surface area contributed by atoms with Crippen molar-refractivity contribution in [3.63, 3.8) is 0 Å². The lowest BCUT2D eigenvalue weighted by atomic mass is 9.63. The van der Waals surface area contributed by atoms with Crippen LogP contribution in [0, 0.1) is 35.5 Å². The van der Waals surface area contributed by atoms with E-state index in [9.17, 15) is 4.79 Å². The Kier molecular flexibility index (Phi) is 8.22. The summed E-state index contributed by atoms with van der Waals surface area (Å²) < 4.78 is 0. The van der Waals surface area contributed by atoms with E-state index in [1.54, 1.807) is 22.7 Å². The molecule has 0 radical (unpaired) electrons. The minimum Gasteiger partial charge on any atom is -0.370 e. The number of benzene rings is 1. The average Bonchev–Trinajstić information content (AvgIpc) is 3.65. The highest BCUT2D eigenvalue weighted by Crippen LogP contribution is 2.44. The molecule has 4 unspecified atom stereocenters. The van der Waals surface area contributed by atoms with E-state index in [0.29, 0.717) is 24.5 Å². The highest BCUT2D eigenvalue weighted by molar-refractivity contribution is 7.23. The fourth-order valence-electron chi connectivity index (χ4n) is 6.75. The zero-order chi connectivity index (χ0) is 27.5. The molecule has 1 aromatic carbocycles. The SMILES string of the molecule is CC#Cc1ccc(-c2ccc(C(=O)C3CCC(CN=C(N)NC4CCCCC4)C4C=c5ccccc5=CC34)s2)s1. The minimum absolute atomic E-state index is 0.0242. The lowest BCUT2D eigenvalue weighted by molar-refractivity contribution is 0.0802. The third-order valence-corrected chi connectivity index (χ3v) is 11.1. The Morgan fingerprint density at radius 2 is 1.65 bits per heavy atom. The van der Waals surface area contributed by atoms with Crippen LogP contribution < -0.4 is 21.5 Å². The van der Waals surface area contributed by atoms with E-state index < -0.39 is 0 Å². The molecule has 3 N–H and O–H groups in total. The van der Waals surface area contributed by atoms with E-state index in [1.165, 1.54) is 47.4 Å². The standard InChI is InChI=1S/C34H37N3OS2/c1-2-8-26-14-16-30(39-26)31-17-18-32(40-31)33(38)27-15-13-24(21-36-34(35)37-25-11-4-3-5-12-25)28-19-22-9-6-7-10-23(22)20-29(27)28/h6-7,9-10,14,16-20,24-25,27-29H,3-5,11-13,15,21H2,1H3,(H3,35,36,37). The lowest BCUT2D eigenvalue weighted by Crippen LogP contribution is -2.44. The van der Waals surface area contributed by atoms with Gasteiger partial charge in [0.05, 0.1) is 9.75 Å². The number of guanidine groups is 1. The van der Waals surface area contributed by atoms with E-state index in [4.69, 9.17) is 10.7 Å². The molecule has 40 heavy (non-hydrogen) atoms. The van der Waals surface area contributed by atoms with E-state index in [-0.39, 0.29) is 23.5 Å². The smallest absolute Gasteiger partial charge is 0.188 e. The Hall–Kier alpha value is -3.14. The Morgan fingerprint density at radius 1 is 0.925 bits per heavy atom. The van der Waals surface area contributed by atoms with Crippen LogP contribution in [0.2, 0.25) is 0 Å². The van der Waals surface area contributed by atoms with Crippen LogP contribution in [0.3, 0.4) is 0 Å². The molecule has 3 aliphatic rings. The van der Waals surface area contributed by atoms with Gasteiger partial charge < -0.3 is 11.1 Å². The molecule has 6 rings (SSSR count). The molecule has 0 saturated heterocycles. The van der Waals surface area contributed by atoms with Crippen molar-refractivity contribution in [2.75, 3.05) is 6.54 Å². The van der Waals surface area contributed by atoms with Gasteiger partial charge >= 0.3 is 0 Å². The Labute approximate surface area is 245 Å². The normalized spacial score (nSPS) is 24.5. The van der Waals surface area contributed by atoms with Crippen LogP contribution in [0.5, 0.6) is 0 Å². The first-order chi connectivity index (χ1) is 19.6. The summed E-state index contributed by atoms with van der Waals surface area (Å²) in [7, 11) is 0. The average molecular weight is 568 g/mol. The van der Waals surface area contributed by atoms with Gasteiger partial charge in [-0.1, -0.05) is 61.6 Å². The number of rotatable bonds is 6. The molecule has 4 nitrogen and oxygen atoms in total. The summed E-state index contributed by atoms with van der Waals surface area (Å²) in [5.74, 6) is 7.75. The number of thiophene rings is 2. The molecular weight excluding hydrogens is 531 g/mol. The number of nitrogens with two attached hydrogens (primary N) is 1. The topological polar surface area (TPSA) is 67.5 Å². The minimum atomic E-state index is -0.0242. The zero-order valence-corrected chi connectivity index (χ0v) is 24.7. The van der Waals surface area contributed by atoms with Crippen LogP contribution in [-0.4, -0.2) is 24.3 Å². The third kappa shape index (κ3) is 5.82. The van der Waals surface area contributed by atoms with Gasteiger partial charge in [0.15, 0.2) is 11.7 Å². The monoisotopic (exact) mass is 567 g/mol. The molecule has 3 aromatic rings. The number of Topliss-reactive ketones (excluding diaryl/α,β-unsaturated/α-hetero) is 1. The molecular formula is C34H37N3OS2. The molecule has 2 fully saturated rings. The van der Waals surface area contributed by atoms with Crippen molar-refractivity contribution in [2.45, 2.75) is 57.9 Å². The number of aliphatic imine (C=N–C) groups is 1. The number of nitrogens with zero attached hydrogens (tertiary/aromatic N) is 1. The molecule has 0 amide bonds. The number of nitrogens with one attached hydrogen (secondary N) is 1. The fraction of sp³-hybridized carbons (Fsp3) is 0.412. The summed E-state index contributed by atoms with van der Waals surface area (Å²) in [4.78, 5) is 23.1. The number of fused-ring (bicyclic) bond motifs is 2. The Morgan fingerprint density at radius 3 is 2.42 bits per heavy atom. The van der Waals surface area contributed by atoms with Gasteiger partial charge in [-0.15, -0.1) is 28.6 Å². The summed E-state index contributed by atoms with van der Waals surface area (Å²) >= 11 is 3.30. The summed E-state index contributed by atoms with van der Waals surface area (Å²) in [6.45, 7) is 2.56. The van der Waals surface area contributed by atoms with Crippen molar-refractivity contribution < 1.29 is 4.79 Å². The zero-order valence-electron chi connectivity index (χ0n) is 23.1. The Bertz CT molecular complexity index is 1580. The van der Waals surface area contributed by atoms with Gasteiger partial charge in [0, 0.05) is 28.3 Å². The van der Waals surface area contributed by atoms with Gasteiger partial charge in [-0.05, 0) is 85.1 Å². The van der Waals surface area contributed by atoms with Gasteiger partial charge in [-0.3, -0.25) is 9.79 Å². The number of hydrogen-bond donors (Lipinski definition) is 2. The molecule has 0 bridgehead atoms. The molecule has 6 heteroatoms. The molecule has 2 heterocycles. The molecule has 0 spiro atoms. The van der Waals surface area contributed by atoms with Gasteiger partial charge in [0.1, 0.15) is 0 Å². The summed E-state index contributed by atoms with van der Waals surface area (Å²) in [6.07, 6.45) is 12.9. The van der Waals surface area contributed by atoms with Crippen molar-refractivity contribution in [3.05, 3.63) is 68.7 Å². The third-order valence-electron chi connectivity index (χ3n) is 8.78. The van der Waals surface area contributed by atoms with E-state index in [1.807, 2.05) is 13.0 Å². The van der Waals surface area contributed by atoms with Gasteiger partial charge in [-0.2, -0.15) is 0 Å². The van der Waals surface area contributed by atoms with Gasteiger partial charge in [0.25, 0.3) is 0 Å². The number of carbonyl (C=O) groups is 1. The first kappa shape index (κ1) is 27.1. The van der Waals surface area contributed by atoms with Crippen LogP contribution in [0.25, 0.3) is 21.9 Å². The predicted octanol–water partition coefficient (Wildman–Crippen LogP) is 5.80. The molecule has 2 aromatic heterocycles. The quantitative estimate of drug-likeness (QED) is 0.171. The van der Waals surface area contributed by atoms with Crippen LogP contribution in [0.4, 0.5) is 0 Å². The Balaban J connectivity index is 1.22. The van der Waals surface area contributed by atoms with Gasteiger partial charge in [0.2, 0.25) is 0 Å². The summed E-state index contributed by atoms with van der Waals surface area (Å²) in [5.41, 5.74) is 6.35. The predicted molar refractivity (Wildman–Crippen MR) is 169 cm³/mol. The second kappa shape index (κ2) is 12.2. The van der Waals surface area contributed by atoms with Crippen LogP contribution in [0.15, 0.2) is 53.5 Å². The maximum atomic E-state index is 14.0. The molecule has 0 aliphatic heterocycles. The maximum Gasteiger partial charge on any atom is 0.188 e. The van der Waals surface area contributed by atoms with Crippen molar-refractivity contribution in [2.24, 2.45) is 34.4 Å². The van der Waals surface area contributed by atoms with E-state index >= 15 is 0 Å². The highest BCUT2D eigenvalue weighted by Gasteiger charge is 2.41. The van der Waals surface area contributed by atoms with Crippen molar-refractivity contribution >= 4 is 46.6 Å². The lowest BCUT2D eigenvalue weighted by Gasteiger charge is -2.41. The van der Waals surface area contributed by atoms with Gasteiger partial charge in [-0.25, -0.2) is 0 Å². The molecule has 3 aliphatic carbocycles. The molecule has 2 saturated carbocycles. The van der Waals surface area contributed by atoms with E-state index in [2.05, 4.69) is 71.8 Å². The van der Waals surface area contributed by atoms with E-state index in [0.717, 1.165) is 27.5 Å². The molecule has 206 valence electrons. The number of ketones is 1. The second-order valence-corrected chi connectivity index (χ2v) is 13.5. The largest absolute Gasteiger partial charge is 0.370 e. The first-order valence-corrected chi connectivity index (χ1v) is 16.2. The van der Waals surface area contributed by atoms with Crippen molar-refractivity contribution in [1.82, 2.24) is 5.32 Å². The fourth-order valence-corrected chi connectivity index (χ4v) is 8.76. The maximum absolute atomic E-state index is 14.0. The first-order valence-electron chi connectivity index (χ1n) is 14.6. The number of hydrogen-bond acceptors (Lipinski definition) is 4. The van der Waals surface area contributed by atoms with Crippen LogP contribution in [-0.2, 0) is 0 Å². The van der Waals surface area contributed by atoms with Crippen LogP contribution >= 0.6 is 22.7 Å². The summed E-state index contributed by atoms with van der Waals surface area (Å²) in [5, 5.41) is 5.97. The summed E-state index contributed by atoms with van der Waals surface area (Å²) in [6, 6.07) is 17.3. The highest BCUT2D eigenvalue weighted by atomic mass is 32.1. The van der Waals surface area contributed by atoms with Crippen molar-refractivity contribution in [1.29, 1.82) is 0 Å². The molecule has 4 atom stereocenters. The van der Waals surface area contributed by atoms with Crippen molar-refractivity contribution in [3.8, 4) is 21.6 Å².